The van der Waals surface area contributed by atoms with Gasteiger partial charge in [-0.05, 0) is 43.3 Å². The molecule has 38 heavy (non-hydrogen) atoms. The summed E-state index contributed by atoms with van der Waals surface area (Å²) in [6, 6.07) is 13.8. The fourth-order valence-electron chi connectivity index (χ4n) is 5.04. The number of Topliss-reactive ketones (excluding diaryl/α,β-unsaturated/α-hetero) is 1. The zero-order chi connectivity index (χ0) is 26.6. The van der Waals surface area contributed by atoms with Gasteiger partial charge in [-0.1, -0.05) is 23.8 Å². The third-order valence-electron chi connectivity index (χ3n) is 6.83. The lowest BCUT2D eigenvalue weighted by Crippen LogP contribution is -2.25. The number of benzene rings is 3. The van der Waals surface area contributed by atoms with E-state index >= 15 is 0 Å². The van der Waals surface area contributed by atoms with Crippen LogP contribution in [0.25, 0.3) is 17.0 Å². The van der Waals surface area contributed by atoms with Gasteiger partial charge in [-0.3, -0.25) is 14.4 Å². The first-order chi connectivity index (χ1) is 18.4. The lowest BCUT2D eigenvalue weighted by atomic mass is 9.85. The van der Waals surface area contributed by atoms with Crippen molar-refractivity contribution < 1.29 is 33.0 Å². The molecule has 0 amide bonds. The molecule has 0 N–H and O–H groups in total. The highest BCUT2D eigenvalue weighted by Gasteiger charge is 2.39. The highest BCUT2D eigenvalue weighted by atomic mass is 16.5. The number of rotatable bonds is 4. The molecule has 2 aliphatic rings. The Morgan fingerprint density at radius 1 is 0.974 bits per heavy atom. The van der Waals surface area contributed by atoms with Crippen molar-refractivity contribution in [3.8, 4) is 23.0 Å². The maximum atomic E-state index is 13.5. The normalized spacial score (nSPS) is 17.1. The van der Waals surface area contributed by atoms with Gasteiger partial charge in [-0.15, -0.1) is 0 Å². The van der Waals surface area contributed by atoms with Crippen LogP contribution in [-0.4, -0.2) is 26.0 Å². The molecule has 3 aromatic carbocycles. The molecule has 0 saturated carbocycles. The number of carbonyl (C=O) groups is 2. The molecule has 0 fully saturated rings. The van der Waals surface area contributed by atoms with Crippen LogP contribution in [0.3, 0.4) is 0 Å². The Labute approximate surface area is 217 Å². The van der Waals surface area contributed by atoms with Crippen LogP contribution in [0, 0.1) is 6.92 Å². The summed E-state index contributed by atoms with van der Waals surface area (Å²) < 4.78 is 28.2. The second-order valence-corrected chi connectivity index (χ2v) is 9.13. The smallest absolute Gasteiger partial charge is 0.312 e. The zero-order valence-corrected chi connectivity index (χ0v) is 20.8. The van der Waals surface area contributed by atoms with Crippen molar-refractivity contribution in [3.05, 3.63) is 98.6 Å². The van der Waals surface area contributed by atoms with Crippen LogP contribution in [0.5, 0.6) is 23.0 Å². The minimum atomic E-state index is -0.721. The number of hydrogen-bond donors (Lipinski definition) is 0. The zero-order valence-electron chi connectivity index (χ0n) is 20.8. The number of para-hydroxylation sites is 1. The van der Waals surface area contributed by atoms with E-state index in [4.69, 9.17) is 23.4 Å². The number of methoxy groups -OCH3 is 2. The highest BCUT2D eigenvalue weighted by molar-refractivity contribution is 6.15. The van der Waals surface area contributed by atoms with Crippen LogP contribution in [-0.2, 0) is 4.79 Å². The van der Waals surface area contributed by atoms with E-state index in [2.05, 4.69) is 0 Å². The summed E-state index contributed by atoms with van der Waals surface area (Å²) in [5.74, 6) is -0.0432. The topological polar surface area (TPSA) is 101 Å². The van der Waals surface area contributed by atoms with E-state index in [-0.39, 0.29) is 40.5 Å². The molecule has 1 aromatic heterocycles. The summed E-state index contributed by atoms with van der Waals surface area (Å²) in [6.45, 7) is 1.89. The molecule has 0 aliphatic carbocycles. The van der Waals surface area contributed by atoms with Crippen LogP contribution in [0.4, 0.5) is 0 Å². The Hall–Kier alpha value is -4.85. The molecule has 0 saturated heterocycles. The van der Waals surface area contributed by atoms with Crippen molar-refractivity contribution in [2.24, 2.45) is 0 Å². The van der Waals surface area contributed by atoms with Crippen molar-refractivity contribution in [2.75, 3.05) is 14.2 Å². The molecule has 0 radical (unpaired) electrons. The number of aryl methyl sites for hydroxylation is 1. The molecule has 0 unspecified atom stereocenters. The summed E-state index contributed by atoms with van der Waals surface area (Å²) >= 11 is 0. The number of hydrogen-bond acceptors (Lipinski definition) is 8. The molecular weight excluding hydrogens is 488 g/mol. The Morgan fingerprint density at radius 2 is 1.82 bits per heavy atom. The highest BCUT2D eigenvalue weighted by Crippen LogP contribution is 2.49. The van der Waals surface area contributed by atoms with Gasteiger partial charge in [0.25, 0.3) is 0 Å². The Bertz CT molecular complexity index is 1740. The average molecular weight is 510 g/mol. The monoisotopic (exact) mass is 510 g/mol. The van der Waals surface area contributed by atoms with Crippen LogP contribution in [0.2, 0.25) is 0 Å². The molecule has 1 atom stereocenters. The molecular formula is C30H22O8. The van der Waals surface area contributed by atoms with Crippen LogP contribution >= 0.6 is 0 Å². The van der Waals surface area contributed by atoms with Gasteiger partial charge in [0.2, 0.25) is 5.78 Å². The minimum absolute atomic E-state index is 0.0665. The van der Waals surface area contributed by atoms with Crippen LogP contribution in [0.15, 0.2) is 69.8 Å². The van der Waals surface area contributed by atoms with Crippen molar-refractivity contribution in [1.29, 1.82) is 0 Å². The van der Waals surface area contributed by atoms with E-state index in [9.17, 15) is 14.4 Å². The Kier molecular flexibility index (Phi) is 5.52. The number of esters is 1. The third-order valence-corrected chi connectivity index (χ3v) is 6.83. The van der Waals surface area contributed by atoms with Gasteiger partial charge in [-0.25, -0.2) is 0 Å². The summed E-state index contributed by atoms with van der Waals surface area (Å²) in [5, 5.41) is 0.415. The van der Waals surface area contributed by atoms with Gasteiger partial charge < -0.3 is 23.4 Å². The lowest BCUT2D eigenvalue weighted by Gasteiger charge is -2.25. The molecule has 3 heterocycles. The van der Waals surface area contributed by atoms with Gasteiger partial charge >= 0.3 is 5.97 Å². The molecule has 8 heteroatoms. The second-order valence-electron chi connectivity index (χ2n) is 9.13. The first-order valence-corrected chi connectivity index (χ1v) is 11.9. The minimum Gasteiger partial charge on any atom is -0.493 e. The van der Waals surface area contributed by atoms with Crippen LogP contribution < -0.4 is 24.4 Å². The average Bonchev–Trinajstić information content (AvgIpc) is 3.23. The Morgan fingerprint density at radius 3 is 2.61 bits per heavy atom. The van der Waals surface area contributed by atoms with Gasteiger partial charge in [0.1, 0.15) is 17.1 Å². The molecule has 6 rings (SSSR count). The quantitative estimate of drug-likeness (QED) is 0.210. The molecule has 0 spiro atoms. The van der Waals surface area contributed by atoms with Gasteiger partial charge in [0.05, 0.1) is 37.9 Å². The number of ketones is 1. The molecule has 4 aromatic rings. The largest absolute Gasteiger partial charge is 0.493 e. The summed E-state index contributed by atoms with van der Waals surface area (Å²) in [6.07, 6.45) is 2.85. The maximum Gasteiger partial charge on any atom is 0.312 e. The number of allylic oxidation sites excluding steroid dienone is 1. The van der Waals surface area contributed by atoms with E-state index in [1.54, 1.807) is 48.5 Å². The van der Waals surface area contributed by atoms with Crippen molar-refractivity contribution in [2.45, 2.75) is 19.3 Å². The van der Waals surface area contributed by atoms with E-state index in [0.29, 0.717) is 39.2 Å². The third kappa shape index (κ3) is 3.64. The van der Waals surface area contributed by atoms with E-state index in [0.717, 1.165) is 5.56 Å². The van der Waals surface area contributed by atoms with Gasteiger partial charge in [-0.2, -0.15) is 0 Å². The maximum absolute atomic E-state index is 13.5. The summed E-state index contributed by atoms with van der Waals surface area (Å²) in [4.78, 5) is 39.5. The van der Waals surface area contributed by atoms with E-state index < -0.39 is 11.9 Å². The first kappa shape index (κ1) is 23.5. The Balaban J connectivity index is 1.50. The van der Waals surface area contributed by atoms with Crippen molar-refractivity contribution in [3.63, 3.8) is 0 Å². The first-order valence-electron chi connectivity index (χ1n) is 11.9. The predicted molar refractivity (Wildman–Crippen MR) is 138 cm³/mol. The van der Waals surface area contributed by atoms with Gasteiger partial charge in [0, 0.05) is 22.6 Å². The second kappa shape index (κ2) is 8.92. The summed E-state index contributed by atoms with van der Waals surface area (Å²) in [5.41, 5.74) is 2.74. The number of ether oxygens (including phenoxy) is 4. The number of carbonyl (C=O) groups excluding carboxylic acids is 2. The predicted octanol–water partition coefficient (Wildman–Crippen LogP) is 5.18. The van der Waals surface area contributed by atoms with Crippen molar-refractivity contribution in [1.82, 2.24) is 0 Å². The van der Waals surface area contributed by atoms with Gasteiger partial charge in [0.15, 0.2) is 22.7 Å². The molecule has 190 valence electrons. The van der Waals surface area contributed by atoms with E-state index in [1.807, 2.05) is 13.0 Å². The molecule has 0 bridgehead atoms. The van der Waals surface area contributed by atoms with Crippen LogP contribution in [0.1, 0.15) is 45.0 Å². The standard InChI is InChI=1S/C30H22O8/c1-15-7-9-21-19(11-15)27(32)20(14-36-21)18-13-25(31)37-22-10-8-17-28(33)24(38-30(17)26(18)22)12-16-5-4-6-23(34-2)29(16)35-3/h4-12,14,18H,13H2,1-3H3/b24-12-/t18-/m1/s1. The SMILES string of the molecule is COc1cccc(/C=C2\Oc3c(ccc4c3[C@@H](c3coc5ccc(C)cc5c3=O)CC(=O)O4)C2=O)c1OC. The van der Waals surface area contributed by atoms with E-state index in [1.165, 1.54) is 20.5 Å². The molecule has 8 nitrogen and oxygen atoms in total. The fraction of sp³-hybridized carbons (Fsp3) is 0.167. The summed E-state index contributed by atoms with van der Waals surface area (Å²) in [7, 11) is 3.04. The molecule has 2 aliphatic heterocycles. The fourth-order valence-corrected chi connectivity index (χ4v) is 5.04. The van der Waals surface area contributed by atoms with Crippen molar-refractivity contribution >= 4 is 28.8 Å². The lowest BCUT2D eigenvalue weighted by molar-refractivity contribution is -0.135. The number of fused-ring (bicyclic) bond motifs is 4.